The normalized spacial score (nSPS) is 10.8. The Hall–Kier alpha value is -1.23. The summed E-state index contributed by atoms with van der Waals surface area (Å²) in [5.74, 6) is 1.29. The van der Waals surface area contributed by atoms with Crippen molar-refractivity contribution in [3.63, 3.8) is 0 Å². The monoisotopic (exact) mass is 301 g/mol. The van der Waals surface area contributed by atoms with Gasteiger partial charge in [0, 0.05) is 5.56 Å². The molecule has 94 valence electrons. The summed E-state index contributed by atoms with van der Waals surface area (Å²) in [5, 5.41) is 11.5. The Bertz CT molecular complexity index is 394. The lowest BCUT2D eigenvalue weighted by molar-refractivity contribution is 0.286. The topological polar surface area (TPSA) is 51.0 Å². The Morgan fingerprint density at radius 3 is 2.82 bits per heavy atom. The van der Waals surface area contributed by atoms with Gasteiger partial charge in [-0.15, -0.1) is 0 Å². The van der Waals surface area contributed by atoms with Crippen LogP contribution in [0.4, 0.5) is 0 Å². The quantitative estimate of drug-likeness (QED) is 0.379. The minimum atomic E-state index is 0.616. The summed E-state index contributed by atoms with van der Waals surface area (Å²) >= 11 is 3.41. The molecule has 0 heterocycles. The summed E-state index contributed by atoms with van der Waals surface area (Å²) in [7, 11) is 1.58. The van der Waals surface area contributed by atoms with E-state index in [9.17, 15) is 0 Å². The first-order valence-corrected chi connectivity index (χ1v) is 6.20. The van der Waals surface area contributed by atoms with Gasteiger partial charge in [-0.3, -0.25) is 0 Å². The molecule has 0 aliphatic rings. The van der Waals surface area contributed by atoms with E-state index in [1.807, 2.05) is 6.07 Å². The summed E-state index contributed by atoms with van der Waals surface area (Å²) in [6, 6.07) is 3.56. The molecule has 1 N–H and O–H groups in total. The van der Waals surface area contributed by atoms with Crippen molar-refractivity contribution in [2.75, 3.05) is 13.7 Å². The van der Waals surface area contributed by atoms with Gasteiger partial charge in [-0.25, -0.2) is 0 Å². The fraction of sp³-hybridized carbons (Fsp3) is 0.417. The molecule has 0 fully saturated rings. The molecular formula is C12H16BrNO3. The second-order valence-corrected chi connectivity index (χ2v) is 4.34. The second kappa shape index (κ2) is 7.17. The van der Waals surface area contributed by atoms with Crippen LogP contribution in [-0.2, 0) is 0 Å². The number of unbranched alkanes of at least 4 members (excludes halogenated alkanes) is 1. The molecule has 0 saturated carbocycles. The van der Waals surface area contributed by atoms with Crippen LogP contribution in [0.5, 0.6) is 11.5 Å². The Balaban J connectivity index is 2.95. The number of benzene rings is 1. The second-order valence-electron chi connectivity index (χ2n) is 3.48. The lowest BCUT2D eigenvalue weighted by Crippen LogP contribution is -2.00. The predicted molar refractivity (Wildman–Crippen MR) is 70.5 cm³/mol. The van der Waals surface area contributed by atoms with Crippen LogP contribution in [-0.4, -0.2) is 25.1 Å². The van der Waals surface area contributed by atoms with E-state index in [0.717, 1.165) is 22.9 Å². The minimum Gasteiger partial charge on any atom is -0.493 e. The maximum Gasteiger partial charge on any atom is 0.175 e. The molecule has 17 heavy (non-hydrogen) atoms. The zero-order valence-corrected chi connectivity index (χ0v) is 11.5. The van der Waals surface area contributed by atoms with Gasteiger partial charge in [0.1, 0.15) is 0 Å². The predicted octanol–water partition coefficient (Wildman–Crippen LogP) is 3.44. The summed E-state index contributed by atoms with van der Waals surface area (Å²) in [4.78, 5) is 0. The fourth-order valence-electron chi connectivity index (χ4n) is 1.34. The van der Waals surface area contributed by atoms with Crippen LogP contribution in [0.25, 0.3) is 0 Å². The first kappa shape index (κ1) is 13.8. The van der Waals surface area contributed by atoms with Gasteiger partial charge >= 0.3 is 0 Å². The van der Waals surface area contributed by atoms with Crippen LogP contribution in [0.2, 0.25) is 0 Å². The number of hydrogen-bond acceptors (Lipinski definition) is 4. The Morgan fingerprint density at radius 2 is 2.24 bits per heavy atom. The van der Waals surface area contributed by atoms with Crippen molar-refractivity contribution in [1.82, 2.24) is 0 Å². The van der Waals surface area contributed by atoms with Crippen molar-refractivity contribution in [2.24, 2.45) is 5.16 Å². The number of halogens is 1. The molecule has 5 heteroatoms. The molecule has 0 unspecified atom stereocenters. The third kappa shape index (κ3) is 3.93. The maximum atomic E-state index is 8.50. The van der Waals surface area contributed by atoms with E-state index < -0.39 is 0 Å². The molecule has 1 aromatic rings. The third-order valence-electron chi connectivity index (χ3n) is 2.20. The number of hydrogen-bond donors (Lipinski definition) is 1. The van der Waals surface area contributed by atoms with Crippen molar-refractivity contribution in [3.8, 4) is 11.5 Å². The maximum absolute atomic E-state index is 8.50. The number of rotatable bonds is 6. The van der Waals surface area contributed by atoms with Crippen LogP contribution in [0, 0.1) is 0 Å². The van der Waals surface area contributed by atoms with Gasteiger partial charge in [0.2, 0.25) is 0 Å². The molecule has 0 saturated heterocycles. The lowest BCUT2D eigenvalue weighted by Gasteiger charge is -2.13. The molecule has 0 radical (unpaired) electrons. The number of oxime groups is 1. The first-order chi connectivity index (χ1) is 8.22. The van der Waals surface area contributed by atoms with Gasteiger partial charge in [-0.05, 0) is 34.5 Å². The molecule has 0 atom stereocenters. The smallest absolute Gasteiger partial charge is 0.175 e. The van der Waals surface area contributed by atoms with Crippen LogP contribution in [0.3, 0.4) is 0 Å². The van der Waals surface area contributed by atoms with E-state index in [2.05, 4.69) is 28.0 Å². The number of nitrogens with zero attached hydrogens (tertiary/aromatic N) is 1. The Morgan fingerprint density at radius 1 is 1.47 bits per heavy atom. The average Bonchev–Trinajstić information content (AvgIpc) is 2.32. The van der Waals surface area contributed by atoms with Gasteiger partial charge in [-0.1, -0.05) is 18.5 Å². The molecule has 1 rings (SSSR count). The fourth-order valence-corrected chi connectivity index (χ4v) is 1.91. The van der Waals surface area contributed by atoms with Gasteiger partial charge < -0.3 is 14.7 Å². The molecule has 0 aromatic heterocycles. The summed E-state index contributed by atoms with van der Waals surface area (Å²) < 4.78 is 11.7. The van der Waals surface area contributed by atoms with Crippen molar-refractivity contribution in [1.29, 1.82) is 0 Å². The van der Waals surface area contributed by atoms with E-state index in [-0.39, 0.29) is 0 Å². The highest BCUT2D eigenvalue weighted by Crippen LogP contribution is 2.36. The van der Waals surface area contributed by atoms with Gasteiger partial charge in [0.15, 0.2) is 11.5 Å². The van der Waals surface area contributed by atoms with Crippen molar-refractivity contribution in [2.45, 2.75) is 19.8 Å². The zero-order chi connectivity index (χ0) is 12.7. The molecule has 0 aliphatic carbocycles. The van der Waals surface area contributed by atoms with Crippen molar-refractivity contribution >= 4 is 22.1 Å². The minimum absolute atomic E-state index is 0.616. The van der Waals surface area contributed by atoms with Gasteiger partial charge in [0.25, 0.3) is 0 Å². The molecule has 0 amide bonds. The highest BCUT2D eigenvalue weighted by molar-refractivity contribution is 9.10. The van der Waals surface area contributed by atoms with E-state index in [1.54, 1.807) is 13.2 Å². The Labute approximate surface area is 109 Å². The van der Waals surface area contributed by atoms with Crippen LogP contribution < -0.4 is 9.47 Å². The lowest BCUT2D eigenvalue weighted by atomic mass is 10.2. The van der Waals surface area contributed by atoms with E-state index in [4.69, 9.17) is 14.7 Å². The molecular weight excluding hydrogens is 286 g/mol. The number of ether oxygens (including phenoxy) is 2. The SMILES string of the molecule is CCCCOc1c(Br)cc(C=NO)cc1OC. The van der Waals surface area contributed by atoms with Gasteiger partial charge in [0.05, 0.1) is 24.4 Å². The first-order valence-electron chi connectivity index (χ1n) is 5.40. The molecule has 4 nitrogen and oxygen atoms in total. The van der Waals surface area contributed by atoms with Crippen LogP contribution in [0.15, 0.2) is 21.8 Å². The van der Waals surface area contributed by atoms with Crippen molar-refractivity contribution in [3.05, 3.63) is 22.2 Å². The summed E-state index contributed by atoms with van der Waals surface area (Å²) in [6.07, 6.45) is 3.41. The molecule has 0 spiro atoms. The van der Waals surface area contributed by atoms with E-state index in [1.165, 1.54) is 6.21 Å². The zero-order valence-electron chi connectivity index (χ0n) is 9.94. The van der Waals surface area contributed by atoms with Crippen molar-refractivity contribution < 1.29 is 14.7 Å². The van der Waals surface area contributed by atoms with Crippen LogP contribution in [0.1, 0.15) is 25.3 Å². The molecule has 0 aliphatic heterocycles. The molecule has 1 aromatic carbocycles. The van der Waals surface area contributed by atoms with E-state index in [0.29, 0.717) is 18.1 Å². The summed E-state index contributed by atoms with van der Waals surface area (Å²) in [6.45, 7) is 2.76. The highest BCUT2D eigenvalue weighted by atomic mass is 79.9. The highest BCUT2D eigenvalue weighted by Gasteiger charge is 2.10. The number of methoxy groups -OCH3 is 1. The average molecular weight is 302 g/mol. The van der Waals surface area contributed by atoms with Gasteiger partial charge in [-0.2, -0.15) is 0 Å². The molecule has 0 bridgehead atoms. The third-order valence-corrected chi connectivity index (χ3v) is 2.79. The summed E-state index contributed by atoms with van der Waals surface area (Å²) in [5.41, 5.74) is 0.735. The largest absolute Gasteiger partial charge is 0.493 e. The van der Waals surface area contributed by atoms with Crippen LogP contribution >= 0.6 is 15.9 Å². The standard InChI is InChI=1S/C12H16BrNO3/c1-3-4-5-17-12-10(13)6-9(8-14-15)7-11(12)16-2/h6-8,15H,3-5H2,1-2H3. The van der Waals surface area contributed by atoms with E-state index >= 15 is 0 Å². The Kier molecular flexibility index (Phi) is 5.83.